The van der Waals surface area contributed by atoms with Crippen LogP contribution in [0.4, 0.5) is 0 Å². The van der Waals surface area contributed by atoms with E-state index in [2.05, 4.69) is 12.1 Å². The number of para-hydroxylation sites is 1. The second kappa shape index (κ2) is 12.8. The molecule has 1 aliphatic heterocycles. The monoisotopic (exact) mass is 518 g/mol. The summed E-state index contributed by atoms with van der Waals surface area (Å²) in [6.07, 6.45) is 3.06. The summed E-state index contributed by atoms with van der Waals surface area (Å²) in [7, 11) is 0. The Balaban J connectivity index is 1.01. The topological polar surface area (TPSA) is 86.8 Å². The molecule has 200 valence electrons. The van der Waals surface area contributed by atoms with Gasteiger partial charge in [-0.25, -0.2) is 4.79 Å². The molecule has 38 heavy (non-hydrogen) atoms. The van der Waals surface area contributed by atoms with Gasteiger partial charge in [0, 0.05) is 0 Å². The number of carbonyl (C=O) groups excluding carboxylic acids is 1. The Bertz CT molecular complexity index is 1140. The van der Waals surface area contributed by atoms with Crippen molar-refractivity contribution in [2.24, 2.45) is 0 Å². The van der Waals surface area contributed by atoms with Crippen molar-refractivity contribution in [2.45, 2.75) is 49.9 Å². The fourth-order valence-electron chi connectivity index (χ4n) is 4.56. The first-order valence-corrected chi connectivity index (χ1v) is 13.3. The minimum Gasteiger partial charge on any atom is -0.491 e. The zero-order chi connectivity index (χ0) is 26.2. The summed E-state index contributed by atoms with van der Waals surface area (Å²) < 4.78 is 27.9. The second-order valence-electron chi connectivity index (χ2n) is 9.83. The number of aliphatic hydroxyl groups excluding tert-OH is 1. The number of benzene rings is 3. The number of esters is 1. The quantitative estimate of drug-likeness (QED) is 0.262. The minimum atomic E-state index is -0.774. The van der Waals surface area contributed by atoms with Crippen molar-refractivity contribution in [1.82, 2.24) is 0 Å². The maximum Gasteiger partial charge on any atom is 0.338 e. The molecule has 2 atom stereocenters. The third-order valence-electron chi connectivity index (χ3n) is 6.86. The van der Waals surface area contributed by atoms with E-state index in [0.29, 0.717) is 29.6 Å². The molecule has 7 nitrogen and oxygen atoms in total. The molecule has 7 heteroatoms. The lowest BCUT2D eigenvalue weighted by atomic mass is 9.83. The molecule has 2 aliphatic rings. The minimum absolute atomic E-state index is 0.0735. The molecule has 0 aromatic heterocycles. The van der Waals surface area contributed by atoms with Crippen LogP contribution in [0.2, 0.25) is 0 Å². The number of carbonyl (C=O) groups is 1. The van der Waals surface area contributed by atoms with E-state index >= 15 is 0 Å². The summed E-state index contributed by atoms with van der Waals surface area (Å²) in [5.74, 6) is 2.28. The Morgan fingerprint density at radius 2 is 1.37 bits per heavy atom. The highest BCUT2D eigenvalue weighted by Gasteiger charge is 2.26. The third kappa shape index (κ3) is 7.73. The Kier molecular flexibility index (Phi) is 8.78. The highest BCUT2D eigenvalue weighted by Crippen LogP contribution is 2.35. The second-order valence-corrected chi connectivity index (χ2v) is 9.83. The van der Waals surface area contributed by atoms with Crippen molar-refractivity contribution in [3.05, 3.63) is 90.0 Å². The van der Waals surface area contributed by atoms with Crippen LogP contribution in [0.25, 0.3) is 0 Å². The van der Waals surface area contributed by atoms with Crippen molar-refractivity contribution in [3.8, 4) is 17.2 Å². The maximum absolute atomic E-state index is 12.7. The van der Waals surface area contributed by atoms with Gasteiger partial charge in [0.25, 0.3) is 0 Å². The van der Waals surface area contributed by atoms with Crippen molar-refractivity contribution in [3.63, 3.8) is 0 Å². The number of hydrogen-bond donors (Lipinski definition) is 1. The lowest BCUT2D eigenvalue weighted by molar-refractivity contribution is 0.0195. The van der Waals surface area contributed by atoms with E-state index in [1.165, 1.54) is 5.56 Å². The van der Waals surface area contributed by atoms with Gasteiger partial charge in [-0.15, -0.1) is 0 Å². The van der Waals surface area contributed by atoms with Crippen LogP contribution in [0, 0.1) is 0 Å². The molecule has 1 saturated heterocycles. The molecule has 1 aliphatic carbocycles. The summed E-state index contributed by atoms with van der Waals surface area (Å²) in [5, 5.41) is 10.1. The van der Waals surface area contributed by atoms with Gasteiger partial charge >= 0.3 is 5.97 Å². The number of epoxide rings is 1. The van der Waals surface area contributed by atoms with Crippen molar-refractivity contribution < 1.29 is 33.6 Å². The van der Waals surface area contributed by atoms with Gasteiger partial charge in [0.1, 0.15) is 55.4 Å². The van der Waals surface area contributed by atoms with E-state index in [9.17, 15) is 9.90 Å². The summed E-state index contributed by atoms with van der Waals surface area (Å²) >= 11 is 0. The van der Waals surface area contributed by atoms with Gasteiger partial charge < -0.3 is 28.8 Å². The Hall–Kier alpha value is -3.55. The molecule has 2 fully saturated rings. The van der Waals surface area contributed by atoms with Crippen molar-refractivity contribution >= 4 is 5.97 Å². The van der Waals surface area contributed by atoms with Crippen LogP contribution < -0.4 is 14.2 Å². The van der Waals surface area contributed by atoms with E-state index in [1.807, 2.05) is 42.5 Å². The van der Waals surface area contributed by atoms with E-state index in [-0.39, 0.29) is 31.4 Å². The normalized spacial score (nSPS) is 21.2. The van der Waals surface area contributed by atoms with Crippen LogP contribution in [-0.4, -0.2) is 55.8 Å². The molecule has 1 saturated carbocycles. The average Bonchev–Trinajstić information content (AvgIpc) is 3.80. The molecule has 5 rings (SSSR count). The zero-order valence-corrected chi connectivity index (χ0v) is 21.4. The number of aliphatic hydroxyl groups is 1. The third-order valence-corrected chi connectivity index (χ3v) is 6.86. The van der Waals surface area contributed by atoms with Crippen LogP contribution in [-0.2, 0) is 9.47 Å². The van der Waals surface area contributed by atoms with Gasteiger partial charge in [-0.1, -0.05) is 30.3 Å². The molecular formula is C31H34O7. The first kappa shape index (κ1) is 26.1. The standard InChI is InChI=1S/C31H34O7/c32-25(18-34-26-4-2-1-3-5-26)19-35-27-14-10-24(11-15-27)31(33)38-29-16-8-23(9-17-29)22-6-12-28(13-7-22)36-20-30-21-37-30/h1-7,10-15,23,25,29-30,32H,8-9,16-21H2. The van der Waals surface area contributed by atoms with Crippen molar-refractivity contribution in [1.29, 1.82) is 0 Å². The molecule has 0 spiro atoms. The predicted molar refractivity (Wildman–Crippen MR) is 142 cm³/mol. The zero-order valence-electron chi connectivity index (χ0n) is 21.4. The smallest absolute Gasteiger partial charge is 0.338 e. The highest BCUT2D eigenvalue weighted by molar-refractivity contribution is 5.89. The molecule has 3 aromatic carbocycles. The molecular weight excluding hydrogens is 484 g/mol. The van der Waals surface area contributed by atoms with Gasteiger partial charge in [0.15, 0.2) is 0 Å². The van der Waals surface area contributed by atoms with Gasteiger partial charge in [0.05, 0.1) is 12.2 Å². The lowest BCUT2D eigenvalue weighted by Crippen LogP contribution is -2.25. The van der Waals surface area contributed by atoms with Crippen LogP contribution in [0.3, 0.4) is 0 Å². The van der Waals surface area contributed by atoms with E-state index in [1.54, 1.807) is 24.3 Å². The molecule has 0 radical (unpaired) electrons. The Morgan fingerprint density at radius 1 is 0.789 bits per heavy atom. The van der Waals surface area contributed by atoms with Crippen LogP contribution >= 0.6 is 0 Å². The molecule has 2 unspecified atom stereocenters. The molecule has 1 N–H and O–H groups in total. The Morgan fingerprint density at radius 3 is 2.00 bits per heavy atom. The van der Waals surface area contributed by atoms with E-state index in [0.717, 1.165) is 38.0 Å². The first-order chi connectivity index (χ1) is 18.6. The molecule has 3 aromatic rings. The Labute approximate surface area is 223 Å². The fraction of sp³-hybridized carbons (Fsp3) is 0.387. The largest absolute Gasteiger partial charge is 0.491 e. The summed E-state index contributed by atoms with van der Waals surface area (Å²) in [4.78, 5) is 12.7. The fourth-order valence-corrected chi connectivity index (χ4v) is 4.56. The molecule has 0 amide bonds. The van der Waals surface area contributed by atoms with Gasteiger partial charge in [0.2, 0.25) is 0 Å². The summed E-state index contributed by atoms with van der Waals surface area (Å²) in [6, 6.07) is 24.4. The summed E-state index contributed by atoms with van der Waals surface area (Å²) in [6.45, 7) is 1.62. The number of ether oxygens (including phenoxy) is 5. The highest BCUT2D eigenvalue weighted by atomic mass is 16.6. The van der Waals surface area contributed by atoms with E-state index < -0.39 is 6.10 Å². The SMILES string of the molecule is O=C(OC1CCC(c2ccc(OCC3CO3)cc2)CC1)c1ccc(OCC(O)COc2ccccc2)cc1. The maximum atomic E-state index is 12.7. The lowest BCUT2D eigenvalue weighted by Gasteiger charge is -2.28. The van der Waals surface area contributed by atoms with Crippen molar-refractivity contribution in [2.75, 3.05) is 26.4 Å². The molecule has 1 heterocycles. The first-order valence-electron chi connectivity index (χ1n) is 13.3. The van der Waals surface area contributed by atoms with Gasteiger partial charge in [-0.3, -0.25) is 0 Å². The van der Waals surface area contributed by atoms with E-state index in [4.69, 9.17) is 23.7 Å². The summed E-state index contributed by atoms with van der Waals surface area (Å²) in [5.41, 5.74) is 1.79. The van der Waals surface area contributed by atoms with Crippen LogP contribution in [0.5, 0.6) is 17.2 Å². The van der Waals surface area contributed by atoms with Gasteiger partial charge in [-0.2, -0.15) is 0 Å². The van der Waals surface area contributed by atoms with Gasteiger partial charge in [-0.05, 0) is 85.7 Å². The number of hydrogen-bond acceptors (Lipinski definition) is 7. The average molecular weight is 519 g/mol. The molecule has 0 bridgehead atoms. The van der Waals surface area contributed by atoms with Crippen LogP contribution in [0.15, 0.2) is 78.9 Å². The van der Waals surface area contributed by atoms with Crippen LogP contribution in [0.1, 0.15) is 47.5 Å². The predicted octanol–water partition coefficient (Wildman–Crippen LogP) is 5.17. The number of rotatable bonds is 12.